The van der Waals surface area contributed by atoms with Crippen LogP contribution in [-0.4, -0.2) is 11.0 Å². The predicted octanol–water partition coefficient (Wildman–Crippen LogP) is 3.82. The molecule has 102 valence electrons. The zero-order valence-electron chi connectivity index (χ0n) is 11.1. The lowest BCUT2D eigenvalue weighted by Gasteiger charge is -2.20. The molecule has 0 aliphatic rings. The lowest BCUT2D eigenvalue weighted by Crippen LogP contribution is -2.30. The number of hydrogen-bond acceptors (Lipinski definition) is 3. The molecule has 0 aliphatic heterocycles. The summed E-state index contributed by atoms with van der Waals surface area (Å²) in [6.45, 7) is 5.74. The molecule has 19 heavy (non-hydrogen) atoms. The molecule has 0 bridgehead atoms. The van der Waals surface area contributed by atoms with E-state index in [4.69, 9.17) is 0 Å². The van der Waals surface area contributed by atoms with Crippen LogP contribution in [0.3, 0.4) is 0 Å². The van der Waals surface area contributed by atoms with Crippen LogP contribution in [0.25, 0.3) is 0 Å². The number of aryl methyl sites for hydroxylation is 1. The molecule has 1 aromatic carbocycles. The molecule has 0 aliphatic carbocycles. The first-order valence-electron chi connectivity index (χ1n) is 6.11. The van der Waals surface area contributed by atoms with Crippen molar-refractivity contribution in [1.29, 1.82) is 0 Å². The molecule has 5 heteroatoms. The molecular formula is C14H16F2N2S. The first kappa shape index (κ1) is 14.1. The molecule has 0 spiro atoms. The second-order valence-corrected chi connectivity index (χ2v) is 5.61. The Balaban J connectivity index is 2.49. The van der Waals surface area contributed by atoms with Gasteiger partial charge in [-0.3, -0.25) is 0 Å². The SMILES string of the molecule is Cc1csc(C(NC(C)C)c2c(F)cccc2F)n1. The maximum Gasteiger partial charge on any atom is 0.131 e. The molecule has 1 unspecified atom stereocenters. The largest absolute Gasteiger partial charge is 0.302 e. The van der Waals surface area contributed by atoms with E-state index >= 15 is 0 Å². The van der Waals surface area contributed by atoms with Crippen LogP contribution in [0.5, 0.6) is 0 Å². The van der Waals surface area contributed by atoms with Crippen molar-refractivity contribution in [3.05, 3.63) is 51.5 Å². The zero-order valence-corrected chi connectivity index (χ0v) is 11.9. The van der Waals surface area contributed by atoms with Gasteiger partial charge in [-0.15, -0.1) is 11.3 Å². The van der Waals surface area contributed by atoms with E-state index in [-0.39, 0.29) is 11.6 Å². The Labute approximate surface area is 115 Å². The summed E-state index contributed by atoms with van der Waals surface area (Å²) in [6, 6.07) is 3.45. The van der Waals surface area contributed by atoms with Gasteiger partial charge in [0.05, 0.1) is 6.04 Å². The lowest BCUT2D eigenvalue weighted by atomic mass is 10.1. The van der Waals surface area contributed by atoms with Crippen molar-refractivity contribution in [2.24, 2.45) is 0 Å². The normalized spacial score (nSPS) is 12.9. The van der Waals surface area contributed by atoms with Crippen LogP contribution >= 0.6 is 11.3 Å². The number of aromatic nitrogens is 1. The summed E-state index contributed by atoms with van der Waals surface area (Å²) in [7, 11) is 0. The van der Waals surface area contributed by atoms with E-state index in [1.807, 2.05) is 26.2 Å². The maximum atomic E-state index is 13.9. The summed E-state index contributed by atoms with van der Waals surface area (Å²) in [6.07, 6.45) is 0. The van der Waals surface area contributed by atoms with Crippen molar-refractivity contribution in [1.82, 2.24) is 10.3 Å². The Hall–Kier alpha value is -1.33. The quantitative estimate of drug-likeness (QED) is 0.922. The monoisotopic (exact) mass is 282 g/mol. The topological polar surface area (TPSA) is 24.9 Å². The Kier molecular flexibility index (Phi) is 4.27. The van der Waals surface area contributed by atoms with Crippen molar-refractivity contribution in [3.8, 4) is 0 Å². The van der Waals surface area contributed by atoms with Crippen molar-refractivity contribution >= 4 is 11.3 Å². The number of thiazole rings is 1. The van der Waals surface area contributed by atoms with E-state index in [9.17, 15) is 8.78 Å². The van der Waals surface area contributed by atoms with E-state index in [1.165, 1.54) is 29.5 Å². The van der Waals surface area contributed by atoms with Gasteiger partial charge in [-0.2, -0.15) is 0 Å². The molecule has 2 nitrogen and oxygen atoms in total. The van der Waals surface area contributed by atoms with Gasteiger partial charge in [-0.05, 0) is 32.9 Å². The smallest absolute Gasteiger partial charge is 0.131 e. The van der Waals surface area contributed by atoms with Gasteiger partial charge >= 0.3 is 0 Å². The lowest BCUT2D eigenvalue weighted by molar-refractivity contribution is 0.473. The Morgan fingerprint density at radius 3 is 2.32 bits per heavy atom. The van der Waals surface area contributed by atoms with Crippen molar-refractivity contribution in [2.45, 2.75) is 32.9 Å². The van der Waals surface area contributed by atoms with Gasteiger partial charge in [0.1, 0.15) is 16.6 Å². The summed E-state index contributed by atoms with van der Waals surface area (Å²) < 4.78 is 27.9. The highest BCUT2D eigenvalue weighted by Gasteiger charge is 2.24. The number of nitrogens with one attached hydrogen (secondary N) is 1. The third-order valence-electron chi connectivity index (χ3n) is 2.67. The number of benzene rings is 1. The van der Waals surface area contributed by atoms with E-state index in [0.29, 0.717) is 5.01 Å². The van der Waals surface area contributed by atoms with Crippen molar-refractivity contribution in [2.75, 3.05) is 0 Å². The second kappa shape index (κ2) is 5.75. The van der Waals surface area contributed by atoms with Gasteiger partial charge < -0.3 is 5.32 Å². The van der Waals surface area contributed by atoms with Crippen LogP contribution in [-0.2, 0) is 0 Å². The average Bonchev–Trinajstić information content (AvgIpc) is 2.73. The van der Waals surface area contributed by atoms with Crippen LogP contribution < -0.4 is 5.32 Å². The summed E-state index contributed by atoms with van der Waals surface area (Å²) in [5.74, 6) is -1.10. The van der Waals surface area contributed by atoms with Crippen LogP contribution in [0.4, 0.5) is 8.78 Å². The molecule has 0 saturated heterocycles. The first-order chi connectivity index (χ1) is 8.99. The third kappa shape index (κ3) is 3.16. The molecule has 0 fully saturated rings. The fourth-order valence-corrected chi connectivity index (χ4v) is 2.77. The Bertz CT molecular complexity index is 546. The highest BCUT2D eigenvalue weighted by atomic mass is 32.1. The van der Waals surface area contributed by atoms with Crippen molar-refractivity contribution < 1.29 is 8.78 Å². The van der Waals surface area contributed by atoms with E-state index in [2.05, 4.69) is 10.3 Å². The summed E-state index contributed by atoms with van der Waals surface area (Å²) in [5.41, 5.74) is 0.887. The summed E-state index contributed by atoms with van der Waals surface area (Å²) >= 11 is 1.40. The van der Waals surface area contributed by atoms with E-state index < -0.39 is 17.7 Å². The van der Waals surface area contributed by atoms with Crippen LogP contribution in [0.2, 0.25) is 0 Å². The Morgan fingerprint density at radius 2 is 1.84 bits per heavy atom. The second-order valence-electron chi connectivity index (χ2n) is 4.72. The minimum absolute atomic E-state index is 0.0329. The molecule has 0 saturated carbocycles. The third-order valence-corrected chi connectivity index (χ3v) is 3.70. The number of rotatable bonds is 4. The predicted molar refractivity (Wildman–Crippen MR) is 73.3 cm³/mol. The molecular weight excluding hydrogens is 266 g/mol. The molecule has 1 N–H and O–H groups in total. The van der Waals surface area contributed by atoms with Gasteiger partial charge in [0.15, 0.2) is 0 Å². The molecule has 1 aromatic heterocycles. The fourth-order valence-electron chi connectivity index (χ4n) is 1.90. The zero-order chi connectivity index (χ0) is 14.0. The summed E-state index contributed by atoms with van der Waals surface area (Å²) in [5, 5.41) is 5.73. The Morgan fingerprint density at radius 1 is 1.21 bits per heavy atom. The van der Waals surface area contributed by atoms with E-state index in [0.717, 1.165) is 5.69 Å². The van der Waals surface area contributed by atoms with Crippen LogP contribution in [0.1, 0.15) is 36.2 Å². The molecule has 0 radical (unpaired) electrons. The highest BCUT2D eigenvalue weighted by Crippen LogP contribution is 2.29. The van der Waals surface area contributed by atoms with Crippen molar-refractivity contribution in [3.63, 3.8) is 0 Å². The standard InChI is InChI=1S/C14H16F2N2S/c1-8(2)17-13(14-18-9(3)7-19-14)12-10(15)5-4-6-11(12)16/h4-8,13,17H,1-3H3. The highest BCUT2D eigenvalue weighted by molar-refractivity contribution is 7.09. The minimum atomic E-state index is -0.556. The van der Waals surface area contributed by atoms with Gasteiger partial charge in [0.25, 0.3) is 0 Å². The maximum absolute atomic E-state index is 13.9. The number of hydrogen-bond donors (Lipinski definition) is 1. The molecule has 1 atom stereocenters. The van der Waals surface area contributed by atoms with Gasteiger partial charge in [-0.25, -0.2) is 13.8 Å². The van der Waals surface area contributed by atoms with Gasteiger partial charge in [0, 0.05) is 22.7 Å². The first-order valence-corrected chi connectivity index (χ1v) is 6.99. The molecule has 2 aromatic rings. The van der Waals surface area contributed by atoms with Crippen LogP contribution in [0.15, 0.2) is 23.6 Å². The van der Waals surface area contributed by atoms with Gasteiger partial charge in [0.2, 0.25) is 0 Å². The molecule has 1 heterocycles. The summed E-state index contributed by atoms with van der Waals surface area (Å²) in [4.78, 5) is 4.35. The van der Waals surface area contributed by atoms with Gasteiger partial charge in [-0.1, -0.05) is 6.07 Å². The number of nitrogens with zero attached hydrogens (tertiary/aromatic N) is 1. The average molecular weight is 282 g/mol. The minimum Gasteiger partial charge on any atom is -0.302 e. The molecule has 2 rings (SSSR count). The van der Waals surface area contributed by atoms with E-state index in [1.54, 1.807) is 0 Å². The van der Waals surface area contributed by atoms with Crippen LogP contribution in [0, 0.1) is 18.6 Å². The molecule has 0 amide bonds. The fraction of sp³-hybridized carbons (Fsp3) is 0.357. The number of halogens is 2.